The second-order valence-corrected chi connectivity index (χ2v) is 6.16. The number of thiophene rings is 1. The van der Waals surface area contributed by atoms with Crippen molar-refractivity contribution >= 4 is 38.9 Å². The van der Waals surface area contributed by atoms with Gasteiger partial charge in [-0.15, -0.1) is 11.3 Å². The zero-order valence-electron chi connectivity index (χ0n) is 10.3. The zero-order valence-corrected chi connectivity index (χ0v) is 13.4. The molecular weight excluding hydrogens is 334 g/mol. The predicted octanol–water partition coefficient (Wildman–Crippen LogP) is 4.08. The van der Waals surface area contributed by atoms with Crippen LogP contribution in [0.3, 0.4) is 0 Å². The Bertz CT molecular complexity index is 523. The first kappa shape index (κ1) is 14.1. The fraction of sp³-hybridized carbons (Fsp3) is 0.417. The molecule has 18 heavy (non-hydrogen) atoms. The summed E-state index contributed by atoms with van der Waals surface area (Å²) < 4.78 is 3.09. The Morgan fingerprint density at radius 2 is 2.39 bits per heavy atom. The molecule has 2 aromatic heterocycles. The third-order valence-corrected chi connectivity index (χ3v) is 4.96. The summed E-state index contributed by atoms with van der Waals surface area (Å²) in [5.74, 6) is 0. The number of nitrogens with one attached hydrogen (secondary N) is 1. The lowest BCUT2D eigenvalue weighted by Crippen LogP contribution is -2.21. The molecule has 0 saturated heterocycles. The highest BCUT2D eigenvalue weighted by atomic mass is 79.9. The van der Waals surface area contributed by atoms with Crippen molar-refractivity contribution in [1.82, 2.24) is 15.1 Å². The van der Waals surface area contributed by atoms with E-state index in [2.05, 4.69) is 44.7 Å². The van der Waals surface area contributed by atoms with E-state index in [1.165, 1.54) is 4.88 Å². The van der Waals surface area contributed by atoms with E-state index in [0.717, 1.165) is 23.1 Å². The average molecular weight is 349 g/mol. The molecule has 98 valence electrons. The third kappa shape index (κ3) is 2.64. The maximum Gasteiger partial charge on any atom is 0.0866 e. The van der Waals surface area contributed by atoms with E-state index < -0.39 is 0 Å². The Morgan fingerprint density at radius 1 is 1.61 bits per heavy atom. The molecule has 0 aliphatic carbocycles. The van der Waals surface area contributed by atoms with Gasteiger partial charge in [0.25, 0.3) is 0 Å². The molecule has 0 aliphatic heterocycles. The largest absolute Gasteiger partial charge is 0.307 e. The summed E-state index contributed by atoms with van der Waals surface area (Å²) in [6.45, 7) is 3.01. The highest BCUT2D eigenvalue weighted by Gasteiger charge is 2.23. The van der Waals surface area contributed by atoms with Crippen LogP contribution in [-0.4, -0.2) is 16.8 Å². The minimum Gasteiger partial charge on any atom is -0.307 e. The Hall–Kier alpha value is -0.360. The summed E-state index contributed by atoms with van der Waals surface area (Å²) >= 11 is 11.6. The molecule has 2 aromatic rings. The van der Waals surface area contributed by atoms with E-state index in [-0.39, 0.29) is 6.04 Å². The monoisotopic (exact) mass is 347 g/mol. The predicted molar refractivity (Wildman–Crippen MR) is 80.4 cm³/mol. The van der Waals surface area contributed by atoms with Crippen LogP contribution in [0.15, 0.2) is 22.1 Å². The molecule has 0 bridgehead atoms. The van der Waals surface area contributed by atoms with E-state index in [0.29, 0.717) is 5.02 Å². The lowest BCUT2D eigenvalue weighted by molar-refractivity contribution is 0.537. The van der Waals surface area contributed by atoms with Crippen LogP contribution in [0.25, 0.3) is 0 Å². The molecule has 0 amide bonds. The van der Waals surface area contributed by atoms with Gasteiger partial charge in [0.2, 0.25) is 0 Å². The van der Waals surface area contributed by atoms with Crippen molar-refractivity contribution in [3.63, 3.8) is 0 Å². The van der Waals surface area contributed by atoms with Crippen molar-refractivity contribution in [1.29, 1.82) is 0 Å². The van der Waals surface area contributed by atoms with E-state index in [1.807, 2.05) is 11.7 Å². The maximum atomic E-state index is 6.29. The molecule has 0 aliphatic rings. The van der Waals surface area contributed by atoms with E-state index in [1.54, 1.807) is 17.5 Å². The van der Waals surface area contributed by atoms with Gasteiger partial charge in [-0.25, -0.2) is 0 Å². The van der Waals surface area contributed by atoms with Gasteiger partial charge in [-0.3, -0.25) is 4.68 Å². The van der Waals surface area contributed by atoms with Gasteiger partial charge in [0.15, 0.2) is 0 Å². The molecule has 2 heterocycles. The first-order valence-corrected chi connectivity index (χ1v) is 7.85. The minimum absolute atomic E-state index is 0.0703. The Morgan fingerprint density at radius 3 is 2.94 bits per heavy atom. The molecule has 1 unspecified atom stereocenters. The molecule has 3 nitrogen and oxygen atoms in total. The normalized spacial score (nSPS) is 12.9. The highest BCUT2D eigenvalue weighted by molar-refractivity contribution is 9.10. The molecule has 2 rings (SSSR count). The molecule has 0 aromatic carbocycles. The van der Waals surface area contributed by atoms with Gasteiger partial charge < -0.3 is 5.32 Å². The molecule has 0 spiro atoms. The van der Waals surface area contributed by atoms with Crippen molar-refractivity contribution in [3.05, 3.63) is 37.7 Å². The molecule has 1 N–H and O–H groups in total. The van der Waals surface area contributed by atoms with Crippen LogP contribution < -0.4 is 5.32 Å². The summed E-state index contributed by atoms with van der Waals surface area (Å²) in [4.78, 5) is 1.22. The number of rotatable bonds is 5. The van der Waals surface area contributed by atoms with Gasteiger partial charge in [-0.2, -0.15) is 5.10 Å². The van der Waals surface area contributed by atoms with Crippen molar-refractivity contribution in [2.45, 2.75) is 25.9 Å². The molecular formula is C12H15BrClN3S. The number of halogens is 2. The number of nitrogens with zero attached hydrogens (tertiary/aromatic N) is 2. The van der Waals surface area contributed by atoms with Crippen molar-refractivity contribution < 1.29 is 0 Å². The summed E-state index contributed by atoms with van der Waals surface area (Å²) in [5, 5.41) is 10.4. The fourth-order valence-corrected chi connectivity index (χ4v) is 3.92. The molecule has 6 heteroatoms. The number of hydrogen-bond acceptors (Lipinski definition) is 3. The minimum atomic E-state index is 0.0703. The third-order valence-electron chi connectivity index (χ3n) is 2.74. The van der Waals surface area contributed by atoms with Gasteiger partial charge in [0, 0.05) is 15.9 Å². The van der Waals surface area contributed by atoms with Gasteiger partial charge in [0.1, 0.15) is 0 Å². The number of aryl methyl sites for hydroxylation is 1. The number of aromatic nitrogens is 2. The van der Waals surface area contributed by atoms with Crippen molar-refractivity contribution in [2.75, 3.05) is 7.05 Å². The van der Waals surface area contributed by atoms with Crippen LogP contribution in [0, 0.1) is 0 Å². The van der Waals surface area contributed by atoms with Gasteiger partial charge in [0.05, 0.1) is 23.0 Å². The average Bonchev–Trinajstić information content (AvgIpc) is 2.91. The second-order valence-electron chi connectivity index (χ2n) is 3.96. The summed E-state index contributed by atoms with van der Waals surface area (Å²) in [6.07, 6.45) is 2.76. The Kier molecular flexibility index (Phi) is 4.84. The fourth-order valence-electron chi connectivity index (χ4n) is 1.95. The smallest absolute Gasteiger partial charge is 0.0866 e. The first-order valence-electron chi connectivity index (χ1n) is 5.80. The van der Waals surface area contributed by atoms with Crippen LogP contribution in [-0.2, 0) is 6.54 Å². The van der Waals surface area contributed by atoms with Gasteiger partial charge in [-0.05, 0) is 40.8 Å². The maximum absolute atomic E-state index is 6.29. The van der Waals surface area contributed by atoms with Gasteiger partial charge >= 0.3 is 0 Å². The quantitative estimate of drug-likeness (QED) is 0.882. The first-order chi connectivity index (χ1) is 8.69. The van der Waals surface area contributed by atoms with Crippen molar-refractivity contribution in [3.8, 4) is 0 Å². The SMILES string of the molecule is CCCn1ncc(Cl)c1C(NC)c1sccc1Br. The van der Waals surface area contributed by atoms with Crippen LogP contribution in [0.1, 0.15) is 30.0 Å². The topological polar surface area (TPSA) is 29.9 Å². The summed E-state index contributed by atoms with van der Waals surface area (Å²) in [7, 11) is 1.94. The van der Waals surface area contributed by atoms with Crippen LogP contribution >= 0.6 is 38.9 Å². The lowest BCUT2D eigenvalue weighted by atomic mass is 10.1. The molecule has 0 saturated carbocycles. The molecule has 0 fully saturated rings. The molecule has 1 atom stereocenters. The Balaban J connectivity index is 2.45. The van der Waals surface area contributed by atoms with E-state index in [9.17, 15) is 0 Å². The van der Waals surface area contributed by atoms with Gasteiger partial charge in [-0.1, -0.05) is 18.5 Å². The molecule has 0 radical (unpaired) electrons. The number of hydrogen-bond donors (Lipinski definition) is 1. The highest BCUT2D eigenvalue weighted by Crippen LogP contribution is 2.35. The lowest BCUT2D eigenvalue weighted by Gasteiger charge is -2.18. The van der Waals surface area contributed by atoms with E-state index in [4.69, 9.17) is 11.6 Å². The van der Waals surface area contributed by atoms with Crippen LogP contribution in [0.4, 0.5) is 0 Å². The second kappa shape index (κ2) is 6.19. The Labute approximate surface area is 124 Å². The van der Waals surface area contributed by atoms with Crippen LogP contribution in [0.2, 0.25) is 5.02 Å². The zero-order chi connectivity index (χ0) is 13.1. The standard InChI is InChI=1S/C12H15BrClN3S/c1-3-5-17-11(9(14)7-16-17)10(15-2)12-8(13)4-6-18-12/h4,6-7,10,15H,3,5H2,1-2H3. The summed E-state index contributed by atoms with van der Waals surface area (Å²) in [5.41, 5.74) is 1.03. The summed E-state index contributed by atoms with van der Waals surface area (Å²) in [6, 6.07) is 2.12. The van der Waals surface area contributed by atoms with Crippen LogP contribution in [0.5, 0.6) is 0 Å². The van der Waals surface area contributed by atoms with Crippen molar-refractivity contribution in [2.24, 2.45) is 0 Å². The van der Waals surface area contributed by atoms with E-state index >= 15 is 0 Å².